The molecule has 4 rings (SSSR count). The average molecular weight is 385 g/mol. The van der Waals surface area contributed by atoms with Gasteiger partial charge in [0.1, 0.15) is 17.3 Å². The van der Waals surface area contributed by atoms with E-state index in [2.05, 4.69) is 36.2 Å². The van der Waals surface area contributed by atoms with Crippen LogP contribution in [0.4, 0.5) is 10.5 Å². The summed E-state index contributed by atoms with van der Waals surface area (Å²) in [5, 5.41) is 0. The van der Waals surface area contributed by atoms with Gasteiger partial charge in [0.15, 0.2) is 0 Å². The SMILES string of the molecule is Cc1ccc(CN2CC(=Nc3ccc(Oc4ccccc4)cc3)N(C)C2=O)cc1. The van der Waals surface area contributed by atoms with E-state index in [0.717, 1.165) is 28.6 Å². The number of hydrogen-bond donors (Lipinski definition) is 0. The van der Waals surface area contributed by atoms with Crippen LogP contribution in [0.5, 0.6) is 11.5 Å². The zero-order valence-electron chi connectivity index (χ0n) is 16.6. The summed E-state index contributed by atoms with van der Waals surface area (Å²) in [5.74, 6) is 2.27. The lowest BCUT2D eigenvalue weighted by atomic mass is 10.1. The van der Waals surface area contributed by atoms with E-state index in [9.17, 15) is 4.79 Å². The first kappa shape index (κ1) is 18.7. The molecule has 0 N–H and O–H groups in total. The Morgan fingerprint density at radius 2 is 1.55 bits per heavy atom. The number of aliphatic imine (C=N–C) groups is 1. The molecule has 5 heteroatoms. The topological polar surface area (TPSA) is 45.1 Å². The normalized spacial score (nSPS) is 15.2. The number of urea groups is 1. The van der Waals surface area contributed by atoms with E-state index in [4.69, 9.17) is 4.74 Å². The van der Waals surface area contributed by atoms with Gasteiger partial charge in [-0.25, -0.2) is 9.79 Å². The van der Waals surface area contributed by atoms with Crippen LogP contribution in [0.2, 0.25) is 0 Å². The second-order valence-corrected chi connectivity index (χ2v) is 7.12. The molecular weight excluding hydrogens is 362 g/mol. The van der Waals surface area contributed by atoms with Crippen molar-refractivity contribution in [2.24, 2.45) is 4.99 Å². The maximum absolute atomic E-state index is 12.6. The Morgan fingerprint density at radius 3 is 2.24 bits per heavy atom. The molecule has 0 aliphatic carbocycles. The Labute approximate surface area is 170 Å². The largest absolute Gasteiger partial charge is 0.457 e. The van der Waals surface area contributed by atoms with Crippen LogP contribution in [0.1, 0.15) is 11.1 Å². The summed E-state index contributed by atoms with van der Waals surface area (Å²) in [6, 6.07) is 25.4. The van der Waals surface area contributed by atoms with Crippen LogP contribution in [0, 0.1) is 6.92 Å². The van der Waals surface area contributed by atoms with Gasteiger partial charge in [0, 0.05) is 13.6 Å². The molecule has 0 unspecified atom stereocenters. The zero-order chi connectivity index (χ0) is 20.2. The fraction of sp³-hybridized carbons (Fsp3) is 0.167. The Morgan fingerprint density at radius 1 is 0.897 bits per heavy atom. The van der Waals surface area contributed by atoms with Gasteiger partial charge in [-0.15, -0.1) is 0 Å². The summed E-state index contributed by atoms with van der Waals surface area (Å²) in [5.41, 5.74) is 3.11. The molecule has 1 fully saturated rings. The number of rotatable bonds is 5. The molecule has 0 bridgehead atoms. The first-order valence-electron chi connectivity index (χ1n) is 9.57. The van der Waals surface area contributed by atoms with Crippen molar-refractivity contribution < 1.29 is 9.53 Å². The van der Waals surface area contributed by atoms with Crippen LogP contribution in [0.3, 0.4) is 0 Å². The van der Waals surface area contributed by atoms with Crippen LogP contribution in [-0.4, -0.2) is 35.3 Å². The van der Waals surface area contributed by atoms with Gasteiger partial charge >= 0.3 is 6.03 Å². The van der Waals surface area contributed by atoms with E-state index < -0.39 is 0 Å². The molecule has 2 amide bonds. The fourth-order valence-electron chi connectivity index (χ4n) is 3.18. The lowest BCUT2D eigenvalue weighted by Gasteiger charge is -2.14. The molecule has 1 heterocycles. The Balaban J connectivity index is 1.44. The average Bonchev–Trinajstić information content (AvgIpc) is 3.00. The molecule has 29 heavy (non-hydrogen) atoms. The van der Waals surface area contributed by atoms with Crippen molar-refractivity contribution in [3.63, 3.8) is 0 Å². The predicted octanol–water partition coefficient (Wildman–Crippen LogP) is 5.38. The minimum atomic E-state index is -0.0339. The minimum Gasteiger partial charge on any atom is -0.457 e. The van der Waals surface area contributed by atoms with Crippen LogP contribution in [0.25, 0.3) is 0 Å². The minimum absolute atomic E-state index is 0.0339. The summed E-state index contributed by atoms with van der Waals surface area (Å²) in [6.07, 6.45) is 0. The molecular formula is C24H23N3O2. The lowest BCUT2D eigenvalue weighted by Crippen LogP contribution is -2.29. The molecule has 0 radical (unpaired) electrons. The maximum Gasteiger partial charge on any atom is 0.325 e. The van der Waals surface area contributed by atoms with Crippen molar-refractivity contribution in [3.05, 3.63) is 90.0 Å². The van der Waals surface area contributed by atoms with Crippen molar-refractivity contribution in [3.8, 4) is 11.5 Å². The summed E-state index contributed by atoms with van der Waals surface area (Å²) in [7, 11) is 1.77. The van der Waals surface area contributed by atoms with Gasteiger partial charge in [-0.1, -0.05) is 48.0 Å². The molecule has 0 atom stereocenters. The van der Waals surface area contributed by atoms with E-state index >= 15 is 0 Å². The third-order valence-electron chi connectivity index (χ3n) is 4.84. The van der Waals surface area contributed by atoms with Crippen molar-refractivity contribution in [1.82, 2.24) is 9.80 Å². The van der Waals surface area contributed by atoms with E-state index in [1.807, 2.05) is 54.6 Å². The molecule has 0 aromatic heterocycles. The second kappa shape index (κ2) is 8.19. The van der Waals surface area contributed by atoms with Gasteiger partial charge in [0.25, 0.3) is 0 Å². The van der Waals surface area contributed by atoms with Crippen molar-refractivity contribution >= 4 is 17.6 Å². The summed E-state index contributed by atoms with van der Waals surface area (Å²) in [4.78, 5) is 20.7. The van der Waals surface area contributed by atoms with Gasteiger partial charge in [0.2, 0.25) is 0 Å². The third-order valence-corrected chi connectivity index (χ3v) is 4.84. The van der Waals surface area contributed by atoms with E-state index in [-0.39, 0.29) is 6.03 Å². The number of benzene rings is 3. The van der Waals surface area contributed by atoms with E-state index in [0.29, 0.717) is 13.1 Å². The van der Waals surface area contributed by atoms with Gasteiger partial charge in [-0.05, 0) is 48.9 Å². The molecule has 5 nitrogen and oxygen atoms in total. The zero-order valence-corrected chi connectivity index (χ0v) is 16.6. The van der Waals surface area contributed by atoms with Crippen LogP contribution in [-0.2, 0) is 6.54 Å². The monoisotopic (exact) mass is 385 g/mol. The number of carbonyl (C=O) groups excluding carboxylic acids is 1. The Hall–Kier alpha value is -3.60. The highest BCUT2D eigenvalue weighted by Crippen LogP contribution is 2.25. The number of para-hydroxylation sites is 1. The molecule has 1 aliphatic heterocycles. The van der Waals surface area contributed by atoms with Gasteiger partial charge in [-0.2, -0.15) is 0 Å². The Kier molecular flexibility index (Phi) is 5.29. The number of amides is 2. The van der Waals surface area contributed by atoms with Gasteiger partial charge in [-0.3, -0.25) is 4.90 Å². The van der Waals surface area contributed by atoms with Gasteiger partial charge in [0.05, 0.1) is 12.2 Å². The highest BCUT2D eigenvalue weighted by Gasteiger charge is 2.31. The van der Waals surface area contributed by atoms with E-state index in [1.54, 1.807) is 16.8 Å². The van der Waals surface area contributed by atoms with Crippen molar-refractivity contribution in [2.75, 3.05) is 13.6 Å². The molecule has 0 saturated carbocycles. The summed E-state index contributed by atoms with van der Waals surface area (Å²) in [6.45, 7) is 3.12. The smallest absolute Gasteiger partial charge is 0.325 e. The van der Waals surface area contributed by atoms with Crippen LogP contribution < -0.4 is 4.74 Å². The highest BCUT2D eigenvalue weighted by molar-refractivity contribution is 6.05. The summed E-state index contributed by atoms with van der Waals surface area (Å²) < 4.78 is 5.81. The predicted molar refractivity (Wildman–Crippen MR) is 115 cm³/mol. The molecule has 1 aliphatic rings. The second-order valence-electron chi connectivity index (χ2n) is 7.12. The molecule has 0 spiro atoms. The number of carbonyl (C=O) groups is 1. The molecule has 3 aromatic rings. The number of likely N-dealkylation sites (N-methyl/N-ethyl adjacent to an activating group) is 1. The number of hydrogen-bond acceptors (Lipinski definition) is 3. The lowest BCUT2D eigenvalue weighted by molar-refractivity contribution is 0.199. The fourth-order valence-corrected chi connectivity index (χ4v) is 3.18. The number of amidine groups is 1. The standard InChI is InChI=1S/C24H23N3O2/c1-18-8-10-19(11-9-18)16-27-17-23(26(2)24(27)28)25-20-12-14-22(15-13-20)29-21-6-4-3-5-7-21/h3-15H,16-17H2,1-2H3. The van der Waals surface area contributed by atoms with Crippen molar-refractivity contribution in [1.29, 1.82) is 0 Å². The third kappa shape index (κ3) is 4.46. The summed E-state index contributed by atoms with van der Waals surface area (Å²) >= 11 is 0. The van der Waals surface area contributed by atoms with Crippen LogP contribution in [0.15, 0.2) is 83.9 Å². The first-order chi connectivity index (χ1) is 14.1. The van der Waals surface area contributed by atoms with Gasteiger partial charge < -0.3 is 9.64 Å². The molecule has 3 aromatic carbocycles. The maximum atomic E-state index is 12.6. The van der Waals surface area contributed by atoms with E-state index in [1.165, 1.54) is 5.56 Å². The van der Waals surface area contributed by atoms with Crippen LogP contribution >= 0.6 is 0 Å². The number of ether oxygens (including phenoxy) is 1. The van der Waals surface area contributed by atoms with Crippen molar-refractivity contribution in [2.45, 2.75) is 13.5 Å². The first-order valence-corrected chi connectivity index (χ1v) is 9.57. The molecule has 146 valence electrons. The molecule has 1 saturated heterocycles. The number of nitrogens with zero attached hydrogens (tertiary/aromatic N) is 3. The highest BCUT2D eigenvalue weighted by atomic mass is 16.5. The number of aryl methyl sites for hydroxylation is 1. The Bertz CT molecular complexity index is 1010. The quantitative estimate of drug-likeness (QED) is 0.591.